The van der Waals surface area contributed by atoms with Gasteiger partial charge in [-0.25, -0.2) is 9.79 Å². The smallest absolute Gasteiger partial charge is 0.328 e. The van der Waals surface area contributed by atoms with E-state index in [0.717, 1.165) is 22.9 Å². The number of carbonyl (C=O) groups is 2. The number of aryl methyl sites for hydroxylation is 1. The van der Waals surface area contributed by atoms with Crippen LogP contribution in [-0.4, -0.2) is 42.4 Å². The fraction of sp³-hybridized carbons (Fsp3) is 0.208. The van der Waals surface area contributed by atoms with Crippen LogP contribution in [0.4, 0.5) is 5.69 Å². The van der Waals surface area contributed by atoms with Gasteiger partial charge in [0.05, 0.1) is 0 Å². The Labute approximate surface area is 208 Å². The van der Waals surface area contributed by atoms with E-state index in [0.29, 0.717) is 11.3 Å². The summed E-state index contributed by atoms with van der Waals surface area (Å²) in [6, 6.07) is 10.2. The number of aliphatic imine (C=N–C) groups is 1. The first-order chi connectivity index (χ1) is 17.1. The highest BCUT2D eigenvalue weighted by Crippen LogP contribution is 2.32. The fourth-order valence-corrected chi connectivity index (χ4v) is 4.67. The van der Waals surface area contributed by atoms with Crippen molar-refractivity contribution in [3.63, 3.8) is 0 Å². The Morgan fingerprint density at radius 3 is 2.50 bits per heavy atom. The van der Waals surface area contributed by atoms with Crippen LogP contribution in [0.3, 0.4) is 0 Å². The Morgan fingerprint density at radius 1 is 1.08 bits per heavy atom. The largest absolute Gasteiger partial charge is 0.508 e. The minimum absolute atomic E-state index is 0.0248. The number of anilines is 1. The summed E-state index contributed by atoms with van der Waals surface area (Å²) in [6.07, 6.45) is -0.114. The molecular formula is C24H23N5O6S. The lowest BCUT2D eigenvalue weighted by molar-refractivity contribution is -0.122. The summed E-state index contributed by atoms with van der Waals surface area (Å²) >= 11 is 1.01. The molecule has 0 aliphatic carbocycles. The van der Waals surface area contributed by atoms with Crippen molar-refractivity contribution >= 4 is 34.4 Å². The number of phenolic OH excluding ortho intramolecular Hbond substituents is 1. The maximum absolute atomic E-state index is 12.6. The van der Waals surface area contributed by atoms with Gasteiger partial charge in [0.15, 0.2) is 5.17 Å². The van der Waals surface area contributed by atoms with Gasteiger partial charge in [0.1, 0.15) is 22.6 Å². The summed E-state index contributed by atoms with van der Waals surface area (Å²) in [5, 5.41) is 24.7. The number of rotatable bonds is 6. The highest BCUT2D eigenvalue weighted by Gasteiger charge is 2.34. The Bertz CT molecular complexity index is 1480. The number of aromatic nitrogens is 2. The van der Waals surface area contributed by atoms with E-state index in [1.807, 2.05) is 31.0 Å². The van der Waals surface area contributed by atoms with E-state index in [-0.39, 0.29) is 28.8 Å². The third kappa shape index (κ3) is 5.33. The summed E-state index contributed by atoms with van der Waals surface area (Å²) in [5.74, 6) is -1.48. The number of aromatic hydroxyl groups is 2. The lowest BCUT2D eigenvalue weighted by atomic mass is 10.0. The van der Waals surface area contributed by atoms with E-state index in [1.165, 1.54) is 24.3 Å². The normalized spacial score (nSPS) is 17.1. The standard InChI is InChI=1S/C24H23N5O6S/c1-11-4-3-5-15(12(11)2)25-17(31)10-16-20(32)29-24(36-16)26-19(13-6-8-14(30)9-7-13)18-21(33)27-23(35)28-22(18)34/h3-9,16,19,30H,10H2,1-2H3,(H,25,31)(H,26,29,32)(H3,27,28,33,34,35)/t16-,19-/m0/s1. The molecule has 2 atom stereocenters. The predicted molar refractivity (Wildman–Crippen MR) is 135 cm³/mol. The quantitative estimate of drug-likeness (QED) is 0.293. The molecular weight excluding hydrogens is 486 g/mol. The van der Waals surface area contributed by atoms with Crippen molar-refractivity contribution in [1.82, 2.24) is 15.3 Å². The number of nitrogens with zero attached hydrogens (tertiary/aromatic N) is 1. The van der Waals surface area contributed by atoms with E-state index < -0.39 is 34.3 Å². The number of nitrogens with one attached hydrogen (secondary N) is 4. The van der Waals surface area contributed by atoms with Gasteiger partial charge in [-0.05, 0) is 48.7 Å². The number of amides is 2. The van der Waals surface area contributed by atoms with Gasteiger partial charge < -0.3 is 20.8 Å². The van der Waals surface area contributed by atoms with Gasteiger partial charge in [-0.2, -0.15) is 0 Å². The highest BCUT2D eigenvalue weighted by atomic mass is 32.2. The molecule has 0 saturated carbocycles. The zero-order valence-corrected chi connectivity index (χ0v) is 20.1. The monoisotopic (exact) mass is 509 g/mol. The van der Waals surface area contributed by atoms with Crippen molar-refractivity contribution in [2.45, 2.75) is 31.6 Å². The summed E-state index contributed by atoms with van der Waals surface area (Å²) < 4.78 is 0. The Hall–Kier alpha value is -4.32. The van der Waals surface area contributed by atoms with Crippen LogP contribution >= 0.6 is 11.8 Å². The van der Waals surface area contributed by atoms with Crippen LogP contribution < -0.4 is 21.9 Å². The van der Waals surface area contributed by atoms with Crippen LogP contribution in [0.5, 0.6) is 11.6 Å². The maximum atomic E-state index is 12.6. The molecule has 1 aliphatic rings. The molecule has 186 valence electrons. The number of thioether (sulfide) groups is 1. The molecule has 3 aromatic rings. The molecule has 0 unspecified atom stereocenters. The Morgan fingerprint density at radius 2 is 1.81 bits per heavy atom. The van der Waals surface area contributed by atoms with Crippen molar-refractivity contribution in [3.8, 4) is 11.6 Å². The number of hydrogen-bond donors (Lipinski definition) is 6. The van der Waals surface area contributed by atoms with Gasteiger partial charge in [-0.15, -0.1) is 0 Å². The highest BCUT2D eigenvalue weighted by molar-refractivity contribution is 8.15. The third-order valence-electron chi connectivity index (χ3n) is 5.71. The molecule has 36 heavy (non-hydrogen) atoms. The number of amidine groups is 1. The summed E-state index contributed by atoms with van der Waals surface area (Å²) in [7, 11) is 0. The van der Waals surface area contributed by atoms with Crippen molar-refractivity contribution < 1.29 is 19.8 Å². The SMILES string of the molecule is Cc1cccc(NC(=O)C[C@@H]2SC(=N[C@@H](c3ccc(O)cc3)c3c(O)[nH]c(=O)[nH]c3=O)NC2=O)c1C. The molecule has 2 amide bonds. The molecule has 6 N–H and O–H groups in total. The first-order valence-corrected chi connectivity index (χ1v) is 11.8. The number of benzene rings is 2. The molecule has 4 rings (SSSR count). The zero-order chi connectivity index (χ0) is 26.0. The number of carbonyl (C=O) groups excluding carboxylic acids is 2. The average molecular weight is 510 g/mol. The molecule has 1 aliphatic heterocycles. The van der Waals surface area contributed by atoms with Crippen LogP contribution in [0, 0.1) is 13.8 Å². The van der Waals surface area contributed by atoms with Crippen LogP contribution in [0.15, 0.2) is 57.0 Å². The van der Waals surface area contributed by atoms with Gasteiger partial charge in [0.2, 0.25) is 17.7 Å². The Kier molecular flexibility index (Phi) is 6.97. The number of aromatic amines is 2. The van der Waals surface area contributed by atoms with E-state index in [1.54, 1.807) is 6.07 Å². The molecule has 0 radical (unpaired) electrons. The van der Waals surface area contributed by atoms with Crippen molar-refractivity contribution in [1.29, 1.82) is 0 Å². The van der Waals surface area contributed by atoms with Gasteiger partial charge in [-0.3, -0.25) is 24.4 Å². The minimum Gasteiger partial charge on any atom is -0.508 e. The van der Waals surface area contributed by atoms with Crippen molar-refractivity contribution in [2.24, 2.45) is 4.99 Å². The molecule has 2 heterocycles. The number of phenols is 1. The number of hydrogen-bond acceptors (Lipinski definition) is 8. The van der Waals surface area contributed by atoms with Gasteiger partial charge in [0, 0.05) is 12.1 Å². The first kappa shape index (κ1) is 24.8. The van der Waals surface area contributed by atoms with Crippen LogP contribution in [0.2, 0.25) is 0 Å². The lowest BCUT2D eigenvalue weighted by Gasteiger charge is -2.14. The summed E-state index contributed by atoms with van der Waals surface area (Å²) in [5.41, 5.74) is 1.01. The maximum Gasteiger partial charge on any atom is 0.328 e. The average Bonchev–Trinajstić information content (AvgIpc) is 3.14. The second-order valence-electron chi connectivity index (χ2n) is 8.19. The van der Waals surface area contributed by atoms with Crippen molar-refractivity contribution in [2.75, 3.05) is 5.32 Å². The fourth-order valence-electron chi connectivity index (χ4n) is 3.67. The van der Waals surface area contributed by atoms with Crippen LogP contribution in [-0.2, 0) is 9.59 Å². The van der Waals surface area contributed by atoms with Gasteiger partial charge >= 0.3 is 5.69 Å². The van der Waals surface area contributed by atoms with E-state index in [2.05, 4.69) is 20.6 Å². The van der Waals surface area contributed by atoms with Gasteiger partial charge in [0.25, 0.3) is 5.56 Å². The van der Waals surface area contributed by atoms with Crippen LogP contribution in [0.25, 0.3) is 0 Å². The predicted octanol–water partition coefficient (Wildman–Crippen LogP) is 1.80. The van der Waals surface area contributed by atoms with Crippen LogP contribution in [0.1, 0.15) is 34.7 Å². The van der Waals surface area contributed by atoms with E-state index in [9.17, 15) is 29.4 Å². The summed E-state index contributed by atoms with van der Waals surface area (Å²) in [6.45, 7) is 3.83. The molecule has 1 saturated heterocycles. The molecule has 2 aromatic carbocycles. The molecule has 1 fully saturated rings. The molecule has 11 nitrogen and oxygen atoms in total. The third-order valence-corrected chi connectivity index (χ3v) is 6.81. The number of H-pyrrole nitrogens is 2. The van der Waals surface area contributed by atoms with Gasteiger partial charge in [-0.1, -0.05) is 36.0 Å². The van der Waals surface area contributed by atoms with E-state index >= 15 is 0 Å². The molecule has 0 bridgehead atoms. The zero-order valence-electron chi connectivity index (χ0n) is 19.3. The first-order valence-electron chi connectivity index (χ1n) is 10.9. The second-order valence-corrected chi connectivity index (χ2v) is 9.39. The molecule has 0 spiro atoms. The minimum atomic E-state index is -1.13. The van der Waals surface area contributed by atoms with Crippen molar-refractivity contribution in [3.05, 3.63) is 85.6 Å². The van der Waals surface area contributed by atoms with E-state index in [4.69, 9.17) is 0 Å². The summed E-state index contributed by atoms with van der Waals surface area (Å²) in [4.78, 5) is 57.9. The second kappa shape index (κ2) is 10.1. The molecule has 1 aromatic heterocycles. The topological polar surface area (TPSA) is 177 Å². The Balaban J connectivity index is 1.59. The lowest BCUT2D eigenvalue weighted by Crippen LogP contribution is -2.29. The molecule has 12 heteroatoms.